The maximum atomic E-state index is 12.6. The third kappa shape index (κ3) is 39.7. The van der Waals surface area contributed by atoms with Crippen LogP contribution in [-0.2, 0) is 32.7 Å². The number of carbonyl (C=O) groups excluding carboxylic acids is 2. The van der Waals surface area contributed by atoms with Crippen LogP contribution in [0.1, 0.15) is 149 Å². The number of nitrogens with zero attached hydrogens (tertiary/aromatic N) is 1. The van der Waals surface area contributed by atoms with Gasteiger partial charge in [0.05, 0.1) is 33.9 Å². The minimum Gasteiger partial charge on any atom is -0.756 e. The summed E-state index contributed by atoms with van der Waals surface area (Å²) in [5.74, 6) is -0.939. The van der Waals surface area contributed by atoms with Crippen molar-refractivity contribution < 1.29 is 47.2 Å². The van der Waals surface area contributed by atoms with Gasteiger partial charge in [-0.1, -0.05) is 126 Å². The third-order valence-electron chi connectivity index (χ3n) is 8.58. The smallest absolute Gasteiger partial charge is 0.306 e. The van der Waals surface area contributed by atoms with Crippen molar-refractivity contribution in [3.05, 3.63) is 60.8 Å². The van der Waals surface area contributed by atoms with Crippen LogP contribution in [0.5, 0.6) is 0 Å². The van der Waals surface area contributed by atoms with Gasteiger partial charge in [-0.15, -0.1) is 0 Å². The van der Waals surface area contributed by atoms with Crippen molar-refractivity contribution in [3.63, 3.8) is 0 Å². The standard InChI is InChI=1S/C44H78NO9P/c1-6-8-10-11-12-13-14-15-20-23-26-29-32-36-44(48)54-42(40-53-55(49,50)52-38-37-45(3,4)5)39-51-43(47)35-31-28-25-22-19-17-16-18-21-24-27-30-34-41(46)33-9-7-2/h13-14,16-17,21-22,24-25,30,34,41-42,46H,6-12,15,18-20,23,26-29,31-33,35-40H2,1-5H3/b14-13-,17-16-,24-21-,25-22-,34-30-/t41-,42+/m0/s1. The van der Waals surface area contributed by atoms with Crippen LogP contribution >= 0.6 is 7.82 Å². The van der Waals surface area contributed by atoms with E-state index in [4.69, 9.17) is 18.5 Å². The molecule has 0 bridgehead atoms. The fourth-order valence-corrected chi connectivity index (χ4v) is 5.92. The lowest BCUT2D eigenvalue weighted by Gasteiger charge is -2.28. The van der Waals surface area contributed by atoms with Crippen molar-refractivity contribution in [2.45, 2.75) is 161 Å². The fraction of sp³-hybridized carbons (Fsp3) is 0.727. The predicted molar refractivity (Wildman–Crippen MR) is 223 cm³/mol. The largest absolute Gasteiger partial charge is 0.756 e. The first-order valence-corrected chi connectivity index (χ1v) is 22.5. The van der Waals surface area contributed by atoms with E-state index in [1.54, 1.807) is 0 Å². The zero-order valence-corrected chi connectivity index (χ0v) is 36.1. The molecule has 0 aliphatic heterocycles. The summed E-state index contributed by atoms with van der Waals surface area (Å²) in [6, 6.07) is 0. The number of aliphatic hydroxyl groups excluding tert-OH is 1. The Morgan fingerprint density at radius 2 is 1.18 bits per heavy atom. The summed E-state index contributed by atoms with van der Waals surface area (Å²) in [5, 5.41) is 9.81. The second-order valence-electron chi connectivity index (χ2n) is 15.2. The zero-order valence-electron chi connectivity index (χ0n) is 35.2. The number of aliphatic hydroxyl groups is 1. The highest BCUT2D eigenvalue weighted by Gasteiger charge is 2.21. The maximum Gasteiger partial charge on any atom is 0.306 e. The van der Waals surface area contributed by atoms with E-state index in [9.17, 15) is 24.2 Å². The van der Waals surface area contributed by atoms with Crippen LogP contribution in [-0.4, -0.2) is 81.2 Å². The van der Waals surface area contributed by atoms with Gasteiger partial charge in [0.1, 0.15) is 19.8 Å². The average Bonchev–Trinajstić information content (AvgIpc) is 3.13. The number of unbranched alkanes of at least 4 members (excludes halogenated alkanes) is 11. The third-order valence-corrected chi connectivity index (χ3v) is 9.55. The molecule has 0 aromatic rings. The van der Waals surface area contributed by atoms with E-state index in [-0.39, 0.29) is 32.2 Å². The van der Waals surface area contributed by atoms with Gasteiger partial charge in [0, 0.05) is 12.8 Å². The number of carbonyl (C=O) groups is 2. The number of likely N-dealkylation sites (N-methyl/N-ethyl adjacent to an activating group) is 1. The number of rotatable bonds is 37. The Hall–Kier alpha value is -2.33. The Morgan fingerprint density at radius 3 is 1.82 bits per heavy atom. The van der Waals surface area contributed by atoms with Crippen LogP contribution in [0.4, 0.5) is 0 Å². The Labute approximate surface area is 335 Å². The van der Waals surface area contributed by atoms with Crippen molar-refractivity contribution in [3.8, 4) is 0 Å². The highest BCUT2D eigenvalue weighted by Crippen LogP contribution is 2.38. The summed E-state index contributed by atoms with van der Waals surface area (Å²) in [5.41, 5.74) is 0. The lowest BCUT2D eigenvalue weighted by atomic mass is 10.1. The van der Waals surface area contributed by atoms with E-state index >= 15 is 0 Å². The fourth-order valence-electron chi connectivity index (χ4n) is 5.19. The molecule has 1 unspecified atom stereocenters. The summed E-state index contributed by atoms with van der Waals surface area (Å²) in [4.78, 5) is 37.4. The van der Waals surface area contributed by atoms with Crippen LogP contribution in [0.15, 0.2) is 60.8 Å². The number of hydrogen-bond donors (Lipinski definition) is 1. The monoisotopic (exact) mass is 796 g/mol. The molecule has 0 aromatic heterocycles. The summed E-state index contributed by atoms with van der Waals surface area (Å²) >= 11 is 0. The van der Waals surface area contributed by atoms with Gasteiger partial charge in [-0.3, -0.25) is 14.2 Å². The first-order valence-electron chi connectivity index (χ1n) is 21.1. The van der Waals surface area contributed by atoms with Gasteiger partial charge < -0.3 is 33.0 Å². The van der Waals surface area contributed by atoms with Crippen LogP contribution < -0.4 is 4.89 Å². The van der Waals surface area contributed by atoms with E-state index in [0.29, 0.717) is 30.3 Å². The molecule has 0 aliphatic rings. The SMILES string of the molecule is CCCCCC/C=C\CCCCCCCC(=O)O[C@H](COC(=O)CCC/C=C\C/C=C\C/C=C\C/C=C\[C@@H](O)CCCC)COP(=O)([O-])OCC[N+](C)(C)C. The molecule has 318 valence electrons. The molecule has 0 amide bonds. The lowest BCUT2D eigenvalue weighted by Crippen LogP contribution is -2.37. The van der Waals surface area contributed by atoms with Crippen molar-refractivity contribution >= 4 is 19.8 Å². The summed E-state index contributed by atoms with van der Waals surface area (Å²) in [6.45, 7) is 3.94. The van der Waals surface area contributed by atoms with Gasteiger partial charge >= 0.3 is 11.9 Å². The van der Waals surface area contributed by atoms with Crippen LogP contribution in [0.2, 0.25) is 0 Å². The first-order chi connectivity index (χ1) is 26.4. The number of quaternary nitrogens is 1. The number of phosphoric ester groups is 1. The molecule has 1 N–H and O–H groups in total. The molecular weight excluding hydrogens is 717 g/mol. The van der Waals surface area contributed by atoms with E-state index in [1.165, 1.54) is 25.7 Å². The number of esters is 2. The second kappa shape index (κ2) is 36.0. The molecule has 0 aliphatic carbocycles. The van der Waals surface area contributed by atoms with Crippen molar-refractivity contribution in [1.82, 2.24) is 0 Å². The minimum atomic E-state index is -4.65. The van der Waals surface area contributed by atoms with Gasteiger partial charge in [-0.05, 0) is 70.6 Å². The predicted octanol–water partition coefficient (Wildman–Crippen LogP) is 10.0. The summed E-state index contributed by atoms with van der Waals surface area (Å²) in [7, 11) is 1.10. The molecule has 0 heterocycles. The van der Waals surface area contributed by atoms with Crippen LogP contribution in [0.25, 0.3) is 0 Å². The van der Waals surface area contributed by atoms with Crippen molar-refractivity contribution in [1.29, 1.82) is 0 Å². The highest BCUT2D eigenvalue weighted by atomic mass is 31.2. The minimum absolute atomic E-state index is 0.0501. The van der Waals surface area contributed by atoms with Gasteiger partial charge in [0.25, 0.3) is 7.82 Å². The lowest BCUT2D eigenvalue weighted by molar-refractivity contribution is -0.870. The molecule has 0 saturated carbocycles. The molecular formula is C44H78NO9P. The number of hydrogen-bond acceptors (Lipinski definition) is 9. The van der Waals surface area contributed by atoms with Crippen molar-refractivity contribution in [2.75, 3.05) is 47.5 Å². The summed E-state index contributed by atoms with van der Waals surface area (Å²) in [6.07, 6.45) is 38.7. The normalized spacial score (nSPS) is 14.8. The van der Waals surface area contributed by atoms with Gasteiger partial charge in [-0.25, -0.2) is 0 Å². The molecule has 11 heteroatoms. The first kappa shape index (κ1) is 52.7. The molecule has 3 atom stereocenters. The van der Waals surface area contributed by atoms with Gasteiger partial charge in [0.2, 0.25) is 0 Å². The molecule has 0 fully saturated rings. The Balaban J connectivity index is 4.53. The van der Waals surface area contributed by atoms with Crippen LogP contribution in [0, 0.1) is 0 Å². The Kier molecular flexibility index (Phi) is 34.5. The van der Waals surface area contributed by atoms with E-state index in [2.05, 4.69) is 56.4 Å². The summed E-state index contributed by atoms with van der Waals surface area (Å²) < 4.78 is 33.7. The van der Waals surface area contributed by atoms with Gasteiger partial charge in [-0.2, -0.15) is 0 Å². The highest BCUT2D eigenvalue weighted by molar-refractivity contribution is 7.45. The van der Waals surface area contributed by atoms with E-state index in [1.807, 2.05) is 39.4 Å². The quantitative estimate of drug-likeness (QED) is 0.0215. The topological polar surface area (TPSA) is 131 Å². The maximum absolute atomic E-state index is 12.6. The molecule has 10 nitrogen and oxygen atoms in total. The van der Waals surface area contributed by atoms with Crippen LogP contribution in [0.3, 0.4) is 0 Å². The number of ether oxygens (including phenoxy) is 2. The number of allylic oxidation sites excluding steroid dienone is 9. The molecule has 0 saturated heterocycles. The Bertz CT molecular complexity index is 1140. The zero-order chi connectivity index (χ0) is 40.9. The van der Waals surface area contributed by atoms with E-state index < -0.39 is 32.5 Å². The van der Waals surface area contributed by atoms with Crippen molar-refractivity contribution in [2.24, 2.45) is 0 Å². The van der Waals surface area contributed by atoms with E-state index in [0.717, 1.165) is 77.0 Å². The molecule has 0 aromatic carbocycles. The molecule has 0 spiro atoms. The molecule has 55 heavy (non-hydrogen) atoms. The second-order valence-corrected chi connectivity index (χ2v) is 16.6. The average molecular weight is 796 g/mol. The van der Waals surface area contributed by atoms with Gasteiger partial charge in [0.15, 0.2) is 6.10 Å². The number of phosphoric acid groups is 1. The molecule has 0 radical (unpaired) electrons. The Morgan fingerprint density at radius 1 is 0.655 bits per heavy atom. The molecule has 0 rings (SSSR count).